The number of benzene rings is 2. The van der Waals surface area contributed by atoms with Crippen LogP contribution in [-0.4, -0.2) is 17.5 Å². The van der Waals surface area contributed by atoms with Gasteiger partial charge in [-0.3, -0.25) is 4.79 Å². The van der Waals surface area contributed by atoms with E-state index in [0.29, 0.717) is 12.3 Å². The lowest BCUT2D eigenvalue weighted by atomic mass is 10.1. The van der Waals surface area contributed by atoms with Crippen molar-refractivity contribution >= 4 is 17.2 Å². The van der Waals surface area contributed by atoms with Gasteiger partial charge in [-0.2, -0.15) is 0 Å². The van der Waals surface area contributed by atoms with E-state index in [9.17, 15) is 4.79 Å². The number of ether oxygens (including phenoxy) is 1. The molecule has 4 nitrogen and oxygen atoms in total. The van der Waals surface area contributed by atoms with Crippen molar-refractivity contribution in [1.29, 1.82) is 0 Å². The molecule has 1 amide bonds. The average Bonchev–Trinajstić information content (AvgIpc) is 3.08. The maximum absolute atomic E-state index is 11.9. The Hall–Kier alpha value is -2.66. The molecule has 128 valence electrons. The molecule has 0 aliphatic rings. The van der Waals surface area contributed by atoms with Crippen LogP contribution in [0.2, 0.25) is 0 Å². The average molecular weight is 352 g/mol. The first-order valence-electron chi connectivity index (χ1n) is 8.13. The third kappa shape index (κ3) is 5.43. The summed E-state index contributed by atoms with van der Waals surface area (Å²) >= 11 is 1.62. The van der Waals surface area contributed by atoms with E-state index in [1.807, 2.05) is 55.6 Å². The standard InChI is InChI=1S/C20H20N2O2S/c1-15-7-9-17(10-8-15)24-14-19(23)21-13-20-22-12-18(25-20)11-16-5-3-2-4-6-16/h2-10,12H,11,13-14H2,1H3,(H,21,23). The fourth-order valence-electron chi connectivity index (χ4n) is 2.32. The Morgan fingerprint density at radius 1 is 1.12 bits per heavy atom. The van der Waals surface area contributed by atoms with Crippen LogP contribution in [0.1, 0.15) is 21.0 Å². The molecule has 1 heterocycles. The molecule has 0 saturated carbocycles. The predicted octanol–water partition coefficient (Wildman–Crippen LogP) is 3.74. The molecule has 0 bridgehead atoms. The van der Waals surface area contributed by atoms with E-state index in [4.69, 9.17) is 4.74 Å². The summed E-state index contributed by atoms with van der Waals surface area (Å²) in [5, 5.41) is 3.74. The maximum Gasteiger partial charge on any atom is 0.258 e. The van der Waals surface area contributed by atoms with E-state index in [1.165, 1.54) is 10.4 Å². The van der Waals surface area contributed by atoms with Gasteiger partial charge in [0.05, 0.1) is 6.54 Å². The monoisotopic (exact) mass is 352 g/mol. The lowest BCUT2D eigenvalue weighted by molar-refractivity contribution is -0.123. The summed E-state index contributed by atoms with van der Waals surface area (Å²) in [6.45, 7) is 2.44. The quantitative estimate of drug-likeness (QED) is 0.705. The van der Waals surface area contributed by atoms with Gasteiger partial charge in [0.1, 0.15) is 10.8 Å². The number of nitrogens with zero attached hydrogens (tertiary/aromatic N) is 1. The maximum atomic E-state index is 11.9. The second-order valence-electron chi connectivity index (χ2n) is 5.76. The number of hydrogen-bond acceptors (Lipinski definition) is 4. The number of amides is 1. The summed E-state index contributed by atoms with van der Waals surface area (Å²) in [4.78, 5) is 17.5. The number of aromatic nitrogens is 1. The number of thiazole rings is 1. The summed E-state index contributed by atoms with van der Waals surface area (Å²) in [5.74, 6) is 0.542. The molecule has 0 atom stereocenters. The minimum atomic E-state index is -0.152. The summed E-state index contributed by atoms with van der Waals surface area (Å²) in [6.07, 6.45) is 2.74. The molecule has 1 N–H and O–H groups in total. The Morgan fingerprint density at radius 3 is 2.64 bits per heavy atom. The molecule has 0 fully saturated rings. The van der Waals surface area contributed by atoms with Gasteiger partial charge in [0, 0.05) is 17.5 Å². The van der Waals surface area contributed by atoms with Crippen LogP contribution in [-0.2, 0) is 17.8 Å². The third-order valence-corrected chi connectivity index (χ3v) is 4.65. The van der Waals surface area contributed by atoms with Gasteiger partial charge in [-0.25, -0.2) is 4.98 Å². The van der Waals surface area contributed by atoms with Crippen LogP contribution in [0.15, 0.2) is 60.8 Å². The van der Waals surface area contributed by atoms with E-state index in [-0.39, 0.29) is 12.5 Å². The third-order valence-electron chi connectivity index (χ3n) is 3.65. The SMILES string of the molecule is Cc1ccc(OCC(=O)NCc2ncc(Cc3ccccc3)s2)cc1. The predicted molar refractivity (Wildman–Crippen MR) is 99.9 cm³/mol. The Bertz CT molecular complexity index is 813. The van der Waals surface area contributed by atoms with Gasteiger partial charge in [-0.15, -0.1) is 11.3 Å². The minimum Gasteiger partial charge on any atom is -0.484 e. The minimum absolute atomic E-state index is 0.00527. The summed E-state index contributed by atoms with van der Waals surface area (Å²) < 4.78 is 5.47. The second kappa shape index (κ2) is 8.44. The van der Waals surface area contributed by atoms with Gasteiger partial charge >= 0.3 is 0 Å². The molecule has 1 aromatic heterocycles. The molecular formula is C20H20N2O2S. The van der Waals surface area contributed by atoms with Crippen molar-refractivity contribution in [2.75, 3.05) is 6.61 Å². The Kier molecular flexibility index (Phi) is 5.80. The van der Waals surface area contributed by atoms with E-state index in [1.54, 1.807) is 11.3 Å². The van der Waals surface area contributed by atoms with E-state index in [2.05, 4.69) is 22.4 Å². The number of nitrogens with one attached hydrogen (secondary N) is 1. The highest BCUT2D eigenvalue weighted by Crippen LogP contribution is 2.17. The fraction of sp³-hybridized carbons (Fsp3) is 0.200. The second-order valence-corrected chi connectivity index (χ2v) is 6.96. The molecule has 3 aromatic rings. The molecule has 2 aromatic carbocycles. The lowest BCUT2D eigenvalue weighted by Crippen LogP contribution is -2.28. The van der Waals surface area contributed by atoms with E-state index >= 15 is 0 Å². The highest BCUT2D eigenvalue weighted by Gasteiger charge is 2.06. The highest BCUT2D eigenvalue weighted by atomic mass is 32.1. The fourth-order valence-corrected chi connectivity index (χ4v) is 3.21. The first kappa shape index (κ1) is 17.2. The van der Waals surface area contributed by atoms with Crippen molar-refractivity contribution < 1.29 is 9.53 Å². The Balaban J connectivity index is 1.43. The lowest BCUT2D eigenvalue weighted by Gasteiger charge is -2.06. The van der Waals surface area contributed by atoms with Crippen molar-refractivity contribution in [3.63, 3.8) is 0 Å². The zero-order chi connectivity index (χ0) is 17.5. The molecule has 0 saturated heterocycles. The molecular weight excluding hydrogens is 332 g/mol. The zero-order valence-electron chi connectivity index (χ0n) is 14.1. The van der Waals surface area contributed by atoms with Gasteiger partial charge < -0.3 is 10.1 Å². The topological polar surface area (TPSA) is 51.2 Å². The molecule has 0 spiro atoms. The van der Waals surface area contributed by atoms with Crippen LogP contribution in [0.4, 0.5) is 0 Å². The summed E-state index contributed by atoms with van der Waals surface area (Å²) in [6, 6.07) is 17.9. The van der Waals surface area contributed by atoms with Crippen molar-refractivity contribution in [2.45, 2.75) is 19.9 Å². The van der Waals surface area contributed by atoms with Gasteiger partial charge in [0.25, 0.3) is 5.91 Å². The van der Waals surface area contributed by atoms with Crippen LogP contribution in [0.3, 0.4) is 0 Å². The van der Waals surface area contributed by atoms with Crippen molar-refractivity contribution in [1.82, 2.24) is 10.3 Å². The van der Waals surface area contributed by atoms with Crippen LogP contribution in [0.25, 0.3) is 0 Å². The first-order chi connectivity index (χ1) is 12.2. The molecule has 5 heteroatoms. The summed E-state index contributed by atoms with van der Waals surface area (Å²) in [7, 11) is 0. The number of hydrogen-bond donors (Lipinski definition) is 1. The van der Waals surface area contributed by atoms with Gasteiger partial charge in [0.2, 0.25) is 0 Å². The molecule has 0 radical (unpaired) electrons. The number of carbonyl (C=O) groups excluding carboxylic acids is 1. The molecule has 3 rings (SSSR count). The van der Waals surface area contributed by atoms with Crippen LogP contribution >= 0.6 is 11.3 Å². The van der Waals surface area contributed by atoms with Gasteiger partial charge in [-0.1, -0.05) is 48.0 Å². The van der Waals surface area contributed by atoms with E-state index in [0.717, 1.165) is 17.0 Å². The highest BCUT2D eigenvalue weighted by molar-refractivity contribution is 7.11. The number of rotatable bonds is 7. The van der Waals surface area contributed by atoms with Crippen LogP contribution in [0.5, 0.6) is 5.75 Å². The van der Waals surface area contributed by atoms with E-state index < -0.39 is 0 Å². The smallest absolute Gasteiger partial charge is 0.258 e. The molecule has 0 aliphatic carbocycles. The molecule has 0 aliphatic heterocycles. The first-order valence-corrected chi connectivity index (χ1v) is 8.94. The van der Waals surface area contributed by atoms with Crippen LogP contribution < -0.4 is 10.1 Å². The zero-order valence-corrected chi connectivity index (χ0v) is 14.9. The van der Waals surface area contributed by atoms with Gasteiger partial charge in [-0.05, 0) is 24.6 Å². The van der Waals surface area contributed by atoms with Crippen molar-refractivity contribution in [2.24, 2.45) is 0 Å². The van der Waals surface area contributed by atoms with Gasteiger partial charge in [0.15, 0.2) is 6.61 Å². The van der Waals surface area contributed by atoms with Crippen molar-refractivity contribution in [3.05, 3.63) is 81.8 Å². The summed E-state index contributed by atoms with van der Waals surface area (Å²) in [5.41, 5.74) is 2.42. The largest absolute Gasteiger partial charge is 0.484 e. The molecule has 0 unspecified atom stereocenters. The van der Waals surface area contributed by atoms with Crippen molar-refractivity contribution in [3.8, 4) is 5.75 Å². The Morgan fingerprint density at radius 2 is 1.88 bits per heavy atom. The van der Waals surface area contributed by atoms with Crippen LogP contribution in [0, 0.1) is 6.92 Å². The normalized spacial score (nSPS) is 10.4. The molecule has 25 heavy (non-hydrogen) atoms. The number of carbonyl (C=O) groups is 1. The number of aryl methyl sites for hydroxylation is 1. The Labute approximate surface area is 151 Å².